The quantitative estimate of drug-likeness (QED) is 0.501. The maximum absolute atomic E-state index is 14.0. The number of hydrogen-bond acceptors (Lipinski definition) is 3. The van der Waals surface area contributed by atoms with Gasteiger partial charge in [-0.2, -0.15) is 0 Å². The molecule has 160 valence electrons. The summed E-state index contributed by atoms with van der Waals surface area (Å²) in [6.45, 7) is 3.70. The highest BCUT2D eigenvalue weighted by Crippen LogP contribution is 2.26. The standard InChI is InChI=1S/C21H31F2N5O/c1-2-24-21(25-13-19(29)26-15-7-4-3-5-8-15)27-16-11-12-28(14-16)20-17(22)9-6-10-18(20)23/h6,9-10,15-16H,2-5,7-8,11-14H2,1H3,(H,26,29)(H2,24,25,27). The number of benzene rings is 1. The van der Waals surface area contributed by atoms with E-state index in [1.54, 1.807) is 4.90 Å². The summed E-state index contributed by atoms with van der Waals surface area (Å²) in [5.74, 6) is -0.626. The molecule has 1 saturated heterocycles. The van der Waals surface area contributed by atoms with Crippen LogP contribution in [-0.4, -0.2) is 50.1 Å². The number of halogens is 2. The van der Waals surface area contributed by atoms with Crippen molar-refractivity contribution < 1.29 is 13.6 Å². The van der Waals surface area contributed by atoms with Crippen molar-refractivity contribution in [2.75, 3.05) is 31.1 Å². The molecule has 6 nitrogen and oxygen atoms in total. The van der Waals surface area contributed by atoms with E-state index in [4.69, 9.17) is 0 Å². The summed E-state index contributed by atoms with van der Waals surface area (Å²) in [7, 11) is 0. The molecule has 1 atom stereocenters. The average Bonchev–Trinajstić information content (AvgIpc) is 3.15. The molecule has 1 aliphatic carbocycles. The number of para-hydroxylation sites is 1. The molecule has 2 aliphatic rings. The summed E-state index contributed by atoms with van der Waals surface area (Å²) in [6.07, 6.45) is 6.38. The van der Waals surface area contributed by atoms with Gasteiger partial charge >= 0.3 is 0 Å². The van der Waals surface area contributed by atoms with Gasteiger partial charge in [0.15, 0.2) is 5.96 Å². The largest absolute Gasteiger partial charge is 0.365 e. The van der Waals surface area contributed by atoms with E-state index in [2.05, 4.69) is 20.9 Å². The van der Waals surface area contributed by atoms with E-state index in [1.807, 2.05) is 6.92 Å². The molecule has 0 radical (unpaired) electrons. The number of nitrogens with zero attached hydrogens (tertiary/aromatic N) is 2. The second-order valence-electron chi connectivity index (χ2n) is 7.74. The van der Waals surface area contributed by atoms with Crippen molar-refractivity contribution in [3.8, 4) is 0 Å². The van der Waals surface area contributed by atoms with Gasteiger partial charge in [0.2, 0.25) is 5.91 Å². The van der Waals surface area contributed by atoms with Crippen molar-refractivity contribution in [2.45, 2.75) is 57.5 Å². The first-order chi connectivity index (χ1) is 14.1. The Balaban J connectivity index is 1.53. The predicted octanol–water partition coefficient (Wildman–Crippen LogP) is 2.55. The molecule has 1 heterocycles. The molecule has 1 saturated carbocycles. The number of hydrogen-bond donors (Lipinski definition) is 3. The number of carbonyl (C=O) groups excluding carboxylic acids is 1. The Morgan fingerprint density at radius 1 is 1.10 bits per heavy atom. The number of rotatable bonds is 6. The van der Waals surface area contributed by atoms with Crippen molar-refractivity contribution in [1.29, 1.82) is 0 Å². The van der Waals surface area contributed by atoms with E-state index in [0.29, 0.717) is 25.6 Å². The summed E-state index contributed by atoms with van der Waals surface area (Å²) in [6, 6.07) is 4.17. The van der Waals surface area contributed by atoms with E-state index in [-0.39, 0.29) is 30.2 Å². The molecular formula is C21H31F2N5O. The Bertz CT molecular complexity index is 701. The van der Waals surface area contributed by atoms with Crippen molar-refractivity contribution in [3.05, 3.63) is 29.8 Å². The zero-order valence-electron chi connectivity index (χ0n) is 17.0. The molecule has 1 aromatic rings. The lowest BCUT2D eigenvalue weighted by Gasteiger charge is -2.23. The number of amides is 1. The molecule has 1 amide bonds. The van der Waals surface area contributed by atoms with Crippen LogP contribution in [0.1, 0.15) is 45.4 Å². The first-order valence-electron chi connectivity index (χ1n) is 10.6. The van der Waals surface area contributed by atoms with E-state index in [9.17, 15) is 13.6 Å². The van der Waals surface area contributed by atoms with Crippen LogP contribution in [0.15, 0.2) is 23.2 Å². The molecular weight excluding hydrogens is 376 g/mol. The zero-order valence-corrected chi connectivity index (χ0v) is 17.0. The van der Waals surface area contributed by atoms with E-state index in [0.717, 1.165) is 19.3 Å². The molecule has 0 spiro atoms. The number of aliphatic imine (C=N–C) groups is 1. The van der Waals surface area contributed by atoms with Crippen molar-refractivity contribution in [3.63, 3.8) is 0 Å². The lowest BCUT2D eigenvalue weighted by molar-refractivity contribution is -0.120. The minimum absolute atomic E-state index is 0.00629. The van der Waals surface area contributed by atoms with Crippen LogP contribution in [0, 0.1) is 11.6 Å². The predicted molar refractivity (Wildman–Crippen MR) is 111 cm³/mol. The fraction of sp³-hybridized carbons (Fsp3) is 0.619. The summed E-state index contributed by atoms with van der Waals surface area (Å²) in [5, 5.41) is 9.48. The molecule has 1 aromatic carbocycles. The smallest absolute Gasteiger partial charge is 0.242 e. The highest BCUT2D eigenvalue weighted by Gasteiger charge is 2.27. The monoisotopic (exact) mass is 407 g/mol. The Labute approximate surface area is 171 Å². The van der Waals surface area contributed by atoms with Gasteiger partial charge in [-0.3, -0.25) is 4.79 Å². The normalized spacial score (nSPS) is 20.6. The van der Waals surface area contributed by atoms with Gasteiger partial charge < -0.3 is 20.9 Å². The molecule has 0 bridgehead atoms. The van der Waals surface area contributed by atoms with Crippen LogP contribution in [0.5, 0.6) is 0 Å². The molecule has 3 N–H and O–H groups in total. The van der Waals surface area contributed by atoms with Gasteiger partial charge in [-0.05, 0) is 38.3 Å². The molecule has 1 unspecified atom stereocenters. The van der Waals surface area contributed by atoms with Gasteiger partial charge in [0.1, 0.15) is 23.9 Å². The van der Waals surface area contributed by atoms with E-state index < -0.39 is 11.6 Å². The molecule has 3 rings (SSSR count). The molecule has 2 fully saturated rings. The molecule has 0 aromatic heterocycles. The van der Waals surface area contributed by atoms with Crippen LogP contribution in [-0.2, 0) is 4.79 Å². The van der Waals surface area contributed by atoms with Crippen LogP contribution >= 0.6 is 0 Å². The first kappa shape index (κ1) is 21.3. The zero-order chi connectivity index (χ0) is 20.6. The first-order valence-corrected chi connectivity index (χ1v) is 10.6. The minimum Gasteiger partial charge on any atom is -0.365 e. The van der Waals surface area contributed by atoms with Gasteiger partial charge in [0.25, 0.3) is 0 Å². The number of carbonyl (C=O) groups is 1. The number of anilines is 1. The lowest BCUT2D eigenvalue weighted by Crippen LogP contribution is -2.45. The highest BCUT2D eigenvalue weighted by molar-refractivity contribution is 5.85. The third-order valence-corrected chi connectivity index (χ3v) is 5.48. The third kappa shape index (κ3) is 6.05. The SMILES string of the molecule is CCNC(=NCC(=O)NC1CCCCC1)NC1CCN(c2c(F)cccc2F)C1. The van der Waals surface area contributed by atoms with Crippen LogP contribution in [0.4, 0.5) is 14.5 Å². The number of guanidine groups is 1. The summed E-state index contributed by atoms with van der Waals surface area (Å²) >= 11 is 0. The van der Waals surface area contributed by atoms with Gasteiger partial charge in [-0.25, -0.2) is 13.8 Å². The van der Waals surface area contributed by atoms with Crippen LogP contribution in [0.3, 0.4) is 0 Å². The van der Waals surface area contributed by atoms with Crippen molar-refractivity contribution in [1.82, 2.24) is 16.0 Å². The van der Waals surface area contributed by atoms with Crippen LogP contribution in [0.2, 0.25) is 0 Å². The summed E-state index contributed by atoms with van der Waals surface area (Å²) in [4.78, 5) is 18.3. The van der Waals surface area contributed by atoms with E-state index >= 15 is 0 Å². The van der Waals surface area contributed by atoms with Crippen molar-refractivity contribution >= 4 is 17.6 Å². The Kier molecular flexibility index (Phi) is 7.66. The third-order valence-electron chi connectivity index (χ3n) is 5.48. The Hall–Kier alpha value is -2.38. The topological polar surface area (TPSA) is 68.8 Å². The molecule has 1 aliphatic heterocycles. The minimum atomic E-state index is -0.550. The van der Waals surface area contributed by atoms with Crippen LogP contribution in [0.25, 0.3) is 0 Å². The van der Waals surface area contributed by atoms with Crippen LogP contribution < -0.4 is 20.9 Å². The second kappa shape index (κ2) is 10.4. The lowest BCUT2D eigenvalue weighted by atomic mass is 9.95. The second-order valence-corrected chi connectivity index (χ2v) is 7.74. The maximum atomic E-state index is 14.0. The summed E-state index contributed by atoms with van der Waals surface area (Å²) < 4.78 is 28.1. The Morgan fingerprint density at radius 2 is 1.83 bits per heavy atom. The Morgan fingerprint density at radius 3 is 2.52 bits per heavy atom. The highest BCUT2D eigenvalue weighted by atomic mass is 19.1. The maximum Gasteiger partial charge on any atom is 0.242 e. The van der Waals surface area contributed by atoms with Gasteiger partial charge in [0, 0.05) is 31.7 Å². The summed E-state index contributed by atoms with van der Waals surface area (Å²) in [5.41, 5.74) is 0.0191. The van der Waals surface area contributed by atoms with Gasteiger partial charge in [0.05, 0.1) is 0 Å². The molecule has 8 heteroatoms. The van der Waals surface area contributed by atoms with Gasteiger partial charge in [-0.15, -0.1) is 0 Å². The van der Waals surface area contributed by atoms with Gasteiger partial charge in [-0.1, -0.05) is 25.3 Å². The fourth-order valence-corrected chi connectivity index (χ4v) is 4.06. The fourth-order valence-electron chi connectivity index (χ4n) is 4.06. The number of nitrogens with one attached hydrogen (secondary N) is 3. The van der Waals surface area contributed by atoms with E-state index in [1.165, 1.54) is 37.5 Å². The molecule has 29 heavy (non-hydrogen) atoms. The van der Waals surface area contributed by atoms with Crippen molar-refractivity contribution in [2.24, 2.45) is 4.99 Å². The average molecular weight is 408 g/mol.